The van der Waals surface area contributed by atoms with E-state index in [0.29, 0.717) is 16.7 Å². The van der Waals surface area contributed by atoms with Crippen LogP contribution in [0.2, 0.25) is 0 Å². The fourth-order valence-electron chi connectivity index (χ4n) is 1.87. The number of hydrogen-bond donors (Lipinski definition) is 2. The zero-order valence-electron chi connectivity index (χ0n) is 9.66. The molecule has 0 radical (unpaired) electrons. The molecule has 0 aliphatic carbocycles. The van der Waals surface area contributed by atoms with Crippen LogP contribution in [-0.2, 0) is 6.61 Å². The molecule has 0 fully saturated rings. The fraction of sp³-hybridized carbons (Fsp3) is 0.727. The third-order valence-electron chi connectivity index (χ3n) is 2.93. The number of aliphatic hydroxyl groups excluding tert-OH is 1. The first-order valence-electron chi connectivity index (χ1n) is 5.49. The number of aliphatic hydroxyl groups is 1. The maximum atomic E-state index is 9.18. The van der Waals surface area contributed by atoms with Gasteiger partial charge in [-0.3, -0.25) is 0 Å². The number of aromatic nitrogens is 2. The fourth-order valence-corrected chi connectivity index (χ4v) is 2.23. The van der Waals surface area contributed by atoms with Crippen molar-refractivity contribution >= 4 is 12.2 Å². The van der Waals surface area contributed by atoms with Crippen molar-refractivity contribution in [2.45, 2.75) is 46.3 Å². The third-order valence-corrected chi connectivity index (χ3v) is 3.25. The molecule has 86 valence electrons. The number of hydrogen-bond acceptors (Lipinski definition) is 2. The van der Waals surface area contributed by atoms with Crippen LogP contribution < -0.4 is 0 Å². The molecule has 1 aromatic heterocycles. The summed E-state index contributed by atoms with van der Waals surface area (Å²) >= 11 is 5.20. The van der Waals surface area contributed by atoms with Crippen molar-refractivity contribution < 1.29 is 5.11 Å². The highest BCUT2D eigenvalue weighted by Gasteiger charge is 2.13. The lowest BCUT2D eigenvalue weighted by Gasteiger charge is -2.19. The Bertz CT molecular complexity index is 356. The molecule has 0 aromatic carbocycles. The van der Waals surface area contributed by atoms with Crippen LogP contribution >= 0.6 is 12.2 Å². The van der Waals surface area contributed by atoms with Gasteiger partial charge in [0.2, 0.25) is 0 Å². The van der Waals surface area contributed by atoms with E-state index in [1.54, 1.807) is 6.20 Å². The average molecular weight is 228 g/mol. The Morgan fingerprint density at radius 2 is 2.20 bits per heavy atom. The zero-order valence-corrected chi connectivity index (χ0v) is 10.5. The van der Waals surface area contributed by atoms with Crippen molar-refractivity contribution in [3.8, 4) is 0 Å². The van der Waals surface area contributed by atoms with E-state index in [9.17, 15) is 5.11 Å². The zero-order chi connectivity index (χ0) is 11.4. The van der Waals surface area contributed by atoms with Crippen molar-refractivity contribution in [1.82, 2.24) is 9.55 Å². The molecule has 0 amide bonds. The molecule has 3 nitrogen and oxygen atoms in total. The summed E-state index contributed by atoms with van der Waals surface area (Å²) in [6, 6.07) is 0.348. The predicted octanol–water partition coefficient (Wildman–Crippen LogP) is 3.04. The van der Waals surface area contributed by atoms with Gasteiger partial charge in [0.1, 0.15) is 0 Å². The monoisotopic (exact) mass is 228 g/mol. The summed E-state index contributed by atoms with van der Waals surface area (Å²) in [5.74, 6) is 0.684. The first kappa shape index (κ1) is 12.5. The Kier molecular flexibility index (Phi) is 4.54. The normalized spacial score (nSPS) is 15.2. The molecular formula is C11H20N2OS. The number of imidazole rings is 1. The van der Waals surface area contributed by atoms with E-state index in [-0.39, 0.29) is 6.61 Å². The highest BCUT2D eigenvalue weighted by atomic mass is 32.1. The van der Waals surface area contributed by atoms with Gasteiger partial charge in [0, 0.05) is 12.2 Å². The minimum atomic E-state index is 0.0397. The first-order valence-corrected chi connectivity index (χ1v) is 5.90. The van der Waals surface area contributed by atoms with E-state index in [4.69, 9.17) is 12.2 Å². The molecule has 2 unspecified atom stereocenters. The van der Waals surface area contributed by atoms with E-state index in [1.807, 2.05) is 4.57 Å². The molecule has 2 N–H and O–H groups in total. The highest BCUT2D eigenvalue weighted by Crippen LogP contribution is 2.21. The lowest BCUT2D eigenvalue weighted by atomic mass is 10.0. The first-order chi connectivity index (χ1) is 7.10. The van der Waals surface area contributed by atoms with Gasteiger partial charge in [-0.1, -0.05) is 20.3 Å². The van der Waals surface area contributed by atoms with E-state index in [1.165, 1.54) is 6.42 Å². The molecule has 0 spiro atoms. The summed E-state index contributed by atoms with van der Waals surface area (Å²) < 4.78 is 2.72. The molecule has 0 bridgehead atoms. The number of rotatable bonds is 5. The standard InChI is InChI=1S/C11H20N2OS/c1-4-8(2)5-9(3)13-10(7-14)6-12-11(13)15/h6,8-9,14H,4-5,7H2,1-3H3,(H,12,15). The van der Waals surface area contributed by atoms with Crippen LogP contribution in [0, 0.1) is 10.7 Å². The van der Waals surface area contributed by atoms with E-state index in [0.717, 1.165) is 12.1 Å². The SMILES string of the molecule is CCC(C)CC(C)n1c(CO)c[nH]c1=S. The van der Waals surface area contributed by atoms with E-state index >= 15 is 0 Å². The van der Waals surface area contributed by atoms with Gasteiger partial charge < -0.3 is 14.7 Å². The molecule has 2 atom stereocenters. The molecule has 1 rings (SSSR count). The van der Waals surface area contributed by atoms with E-state index < -0.39 is 0 Å². The number of H-pyrrole nitrogens is 1. The van der Waals surface area contributed by atoms with Gasteiger partial charge in [-0.25, -0.2) is 0 Å². The molecule has 0 saturated heterocycles. The minimum Gasteiger partial charge on any atom is -0.390 e. The van der Waals surface area contributed by atoms with Gasteiger partial charge >= 0.3 is 0 Å². The smallest absolute Gasteiger partial charge is 0.177 e. The van der Waals surface area contributed by atoms with Crippen molar-refractivity contribution in [3.63, 3.8) is 0 Å². The Hall–Kier alpha value is -0.610. The van der Waals surface area contributed by atoms with Gasteiger partial charge in [-0.05, 0) is 31.5 Å². The van der Waals surface area contributed by atoms with Gasteiger partial charge in [0.25, 0.3) is 0 Å². The molecular weight excluding hydrogens is 208 g/mol. The lowest BCUT2D eigenvalue weighted by Crippen LogP contribution is -2.12. The average Bonchev–Trinajstić information content (AvgIpc) is 2.59. The van der Waals surface area contributed by atoms with Crippen LogP contribution in [0.4, 0.5) is 0 Å². The van der Waals surface area contributed by atoms with Crippen LogP contribution in [0.15, 0.2) is 6.20 Å². The maximum Gasteiger partial charge on any atom is 0.177 e. The molecule has 1 heterocycles. The minimum absolute atomic E-state index is 0.0397. The van der Waals surface area contributed by atoms with Crippen molar-refractivity contribution in [2.75, 3.05) is 0 Å². The Labute approximate surface area is 96.1 Å². The van der Waals surface area contributed by atoms with Crippen molar-refractivity contribution in [3.05, 3.63) is 16.7 Å². The molecule has 0 aliphatic heterocycles. The summed E-state index contributed by atoms with van der Waals surface area (Å²) in [6.45, 7) is 6.62. The van der Waals surface area contributed by atoms with Crippen LogP contribution in [0.25, 0.3) is 0 Å². The van der Waals surface area contributed by atoms with Gasteiger partial charge in [0.05, 0.1) is 12.3 Å². The summed E-state index contributed by atoms with van der Waals surface area (Å²) in [5, 5.41) is 9.18. The Morgan fingerprint density at radius 3 is 2.73 bits per heavy atom. The number of aromatic amines is 1. The molecule has 1 aromatic rings. The predicted molar refractivity (Wildman–Crippen MR) is 64.3 cm³/mol. The highest BCUT2D eigenvalue weighted by molar-refractivity contribution is 7.71. The third kappa shape index (κ3) is 2.92. The van der Waals surface area contributed by atoms with Crippen LogP contribution in [-0.4, -0.2) is 14.7 Å². The van der Waals surface area contributed by atoms with Crippen molar-refractivity contribution in [1.29, 1.82) is 0 Å². The topological polar surface area (TPSA) is 41.0 Å². The second-order valence-corrected chi connectivity index (χ2v) is 4.60. The quantitative estimate of drug-likeness (QED) is 0.761. The van der Waals surface area contributed by atoms with Crippen LogP contribution in [0.1, 0.15) is 45.3 Å². The summed E-state index contributed by atoms with van der Waals surface area (Å²) in [4.78, 5) is 2.98. The van der Waals surface area contributed by atoms with Crippen LogP contribution in [0.5, 0.6) is 0 Å². The molecule has 0 saturated carbocycles. The summed E-state index contributed by atoms with van der Waals surface area (Å²) in [5.41, 5.74) is 0.871. The maximum absolute atomic E-state index is 9.18. The lowest BCUT2D eigenvalue weighted by molar-refractivity contribution is 0.262. The second kappa shape index (κ2) is 5.47. The van der Waals surface area contributed by atoms with Crippen LogP contribution in [0.3, 0.4) is 0 Å². The molecule has 15 heavy (non-hydrogen) atoms. The molecule has 4 heteroatoms. The Balaban J connectivity index is 2.85. The van der Waals surface area contributed by atoms with Gasteiger partial charge in [0.15, 0.2) is 4.77 Å². The van der Waals surface area contributed by atoms with E-state index in [2.05, 4.69) is 25.8 Å². The van der Waals surface area contributed by atoms with Gasteiger partial charge in [-0.15, -0.1) is 0 Å². The number of nitrogens with zero attached hydrogens (tertiary/aromatic N) is 1. The summed E-state index contributed by atoms with van der Waals surface area (Å²) in [7, 11) is 0. The second-order valence-electron chi connectivity index (χ2n) is 4.21. The number of nitrogens with one attached hydrogen (secondary N) is 1. The van der Waals surface area contributed by atoms with Gasteiger partial charge in [-0.2, -0.15) is 0 Å². The molecule has 0 aliphatic rings. The Morgan fingerprint density at radius 1 is 1.53 bits per heavy atom. The van der Waals surface area contributed by atoms with Crippen molar-refractivity contribution in [2.24, 2.45) is 5.92 Å². The largest absolute Gasteiger partial charge is 0.390 e. The summed E-state index contributed by atoms with van der Waals surface area (Å²) in [6.07, 6.45) is 4.06.